The summed E-state index contributed by atoms with van der Waals surface area (Å²) in [7, 11) is 0. The minimum Gasteiger partial charge on any atom is -0.366 e. The van der Waals surface area contributed by atoms with Crippen LogP contribution in [0.25, 0.3) is 11.4 Å². The van der Waals surface area contributed by atoms with Crippen molar-refractivity contribution < 1.29 is 4.79 Å². The number of nitrogens with one attached hydrogen (secondary N) is 1. The molecule has 0 atom stereocenters. The van der Waals surface area contributed by atoms with Gasteiger partial charge in [-0.25, -0.2) is 4.98 Å². The molecule has 0 saturated carbocycles. The summed E-state index contributed by atoms with van der Waals surface area (Å²) >= 11 is 1.53. The quantitative estimate of drug-likeness (QED) is 0.470. The Morgan fingerprint density at radius 2 is 1.90 bits per heavy atom. The standard InChI is InChI=1S/C23H22N4OS/c1-15-7-6-8-17(11-15)13-27-16(2)19(22(24)28)12-21(27)20-14-29-23(26-20)25-18-9-4-3-5-10-18/h3-12,14H,13H2,1-2H3,(H2,24,28)(H,25,26). The minimum atomic E-state index is -0.426. The molecule has 4 rings (SSSR count). The molecule has 146 valence electrons. The summed E-state index contributed by atoms with van der Waals surface area (Å²) in [6.45, 7) is 4.65. The van der Waals surface area contributed by atoms with Crippen molar-refractivity contribution in [2.45, 2.75) is 20.4 Å². The van der Waals surface area contributed by atoms with Crippen LogP contribution in [0, 0.1) is 13.8 Å². The third-order valence-electron chi connectivity index (χ3n) is 4.85. The Bertz CT molecular complexity index is 1160. The maximum atomic E-state index is 12.0. The maximum absolute atomic E-state index is 12.0. The van der Waals surface area contributed by atoms with Gasteiger partial charge >= 0.3 is 0 Å². The molecule has 2 aromatic heterocycles. The van der Waals surface area contributed by atoms with E-state index in [2.05, 4.69) is 35.0 Å². The molecule has 0 fully saturated rings. The highest BCUT2D eigenvalue weighted by Crippen LogP contribution is 2.31. The van der Waals surface area contributed by atoms with E-state index in [4.69, 9.17) is 10.7 Å². The van der Waals surface area contributed by atoms with E-state index in [0.29, 0.717) is 12.1 Å². The number of benzene rings is 2. The monoisotopic (exact) mass is 402 g/mol. The van der Waals surface area contributed by atoms with Gasteiger partial charge in [0.1, 0.15) is 0 Å². The number of carbonyl (C=O) groups excluding carboxylic acids is 1. The van der Waals surface area contributed by atoms with Crippen molar-refractivity contribution in [1.29, 1.82) is 0 Å². The highest BCUT2D eigenvalue weighted by atomic mass is 32.1. The van der Waals surface area contributed by atoms with Crippen LogP contribution < -0.4 is 11.1 Å². The lowest BCUT2D eigenvalue weighted by Gasteiger charge is -2.11. The van der Waals surface area contributed by atoms with Gasteiger partial charge < -0.3 is 15.6 Å². The van der Waals surface area contributed by atoms with E-state index in [1.807, 2.05) is 54.8 Å². The molecule has 29 heavy (non-hydrogen) atoms. The average molecular weight is 403 g/mol. The number of rotatable bonds is 6. The highest BCUT2D eigenvalue weighted by molar-refractivity contribution is 7.14. The minimum absolute atomic E-state index is 0.426. The first-order valence-electron chi connectivity index (χ1n) is 9.34. The number of hydrogen-bond acceptors (Lipinski definition) is 4. The van der Waals surface area contributed by atoms with Crippen LogP contribution in [0.3, 0.4) is 0 Å². The molecule has 6 heteroatoms. The molecule has 5 nitrogen and oxygen atoms in total. The second kappa shape index (κ2) is 7.93. The predicted molar refractivity (Wildman–Crippen MR) is 119 cm³/mol. The molecule has 0 radical (unpaired) electrons. The van der Waals surface area contributed by atoms with E-state index in [-0.39, 0.29) is 0 Å². The van der Waals surface area contributed by atoms with Crippen LogP contribution in [0.4, 0.5) is 10.8 Å². The summed E-state index contributed by atoms with van der Waals surface area (Å²) < 4.78 is 2.11. The topological polar surface area (TPSA) is 72.9 Å². The Labute approximate surface area is 173 Å². The molecular formula is C23H22N4OS. The molecule has 0 aliphatic carbocycles. The van der Waals surface area contributed by atoms with Gasteiger partial charge in [-0.05, 0) is 37.6 Å². The van der Waals surface area contributed by atoms with Crippen LogP contribution in [-0.2, 0) is 6.54 Å². The SMILES string of the molecule is Cc1cccc(Cn2c(-c3csc(Nc4ccccc4)n3)cc(C(N)=O)c2C)c1. The number of hydrogen-bond donors (Lipinski definition) is 2. The van der Waals surface area contributed by atoms with Gasteiger partial charge in [0.25, 0.3) is 5.91 Å². The van der Waals surface area contributed by atoms with Gasteiger partial charge in [0.2, 0.25) is 0 Å². The number of aryl methyl sites for hydroxylation is 1. The molecule has 3 N–H and O–H groups in total. The molecule has 0 saturated heterocycles. The van der Waals surface area contributed by atoms with Crippen molar-refractivity contribution in [2.24, 2.45) is 5.73 Å². The number of anilines is 2. The molecule has 0 unspecified atom stereocenters. The smallest absolute Gasteiger partial charge is 0.250 e. The molecular weight excluding hydrogens is 380 g/mol. The number of primary amides is 1. The number of amides is 1. The van der Waals surface area contributed by atoms with E-state index in [0.717, 1.165) is 27.9 Å². The van der Waals surface area contributed by atoms with Gasteiger partial charge in [0.15, 0.2) is 5.13 Å². The molecule has 0 aliphatic rings. The summed E-state index contributed by atoms with van der Waals surface area (Å²) in [5, 5.41) is 6.12. The Morgan fingerprint density at radius 1 is 1.10 bits per heavy atom. The first kappa shape index (κ1) is 19.0. The van der Waals surface area contributed by atoms with Crippen LogP contribution in [0.1, 0.15) is 27.2 Å². The zero-order valence-electron chi connectivity index (χ0n) is 16.3. The molecule has 0 bridgehead atoms. The van der Waals surface area contributed by atoms with Crippen molar-refractivity contribution in [3.8, 4) is 11.4 Å². The van der Waals surface area contributed by atoms with Crippen molar-refractivity contribution in [3.05, 3.63) is 88.4 Å². The number of para-hydroxylation sites is 1. The Balaban J connectivity index is 1.71. The Hall–Kier alpha value is -3.38. The molecule has 2 heterocycles. The Morgan fingerprint density at radius 3 is 2.62 bits per heavy atom. The fourth-order valence-corrected chi connectivity index (χ4v) is 4.12. The summed E-state index contributed by atoms with van der Waals surface area (Å²) in [5.41, 5.74) is 12.0. The fraction of sp³-hybridized carbons (Fsp3) is 0.130. The third-order valence-corrected chi connectivity index (χ3v) is 5.60. The van der Waals surface area contributed by atoms with Gasteiger partial charge in [-0.1, -0.05) is 48.0 Å². The maximum Gasteiger partial charge on any atom is 0.250 e. The van der Waals surface area contributed by atoms with E-state index in [9.17, 15) is 4.79 Å². The van der Waals surface area contributed by atoms with E-state index in [1.54, 1.807) is 0 Å². The predicted octanol–water partition coefficient (Wildman–Crippen LogP) is 5.12. The largest absolute Gasteiger partial charge is 0.366 e. The van der Waals surface area contributed by atoms with Gasteiger partial charge in [0, 0.05) is 23.3 Å². The van der Waals surface area contributed by atoms with Crippen LogP contribution in [0.5, 0.6) is 0 Å². The fourth-order valence-electron chi connectivity index (χ4n) is 3.40. The lowest BCUT2D eigenvalue weighted by atomic mass is 10.1. The summed E-state index contributed by atoms with van der Waals surface area (Å²) in [5.74, 6) is -0.426. The second-order valence-corrected chi connectivity index (χ2v) is 7.86. The number of thiazole rings is 1. The highest BCUT2D eigenvalue weighted by Gasteiger charge is 2.19. The summed E-state index contributed by atoms with van der Waals surface area (Å²) in [6.07, 6.45) is 0. The molecule has 2 aromatic carbocycles. The van der Waals surface area contributed by atoms with Gasteiger partial charge in [-0.15, -0.1) is 11.3 Å². The molecule has 1 amide bonds. The number of carbonyl (C=O) groups is 1. The lowest BCUT2D eigenvalue weighted by Crippen LogP contribution is -2.12. The first-order chi connectivity index (χ1) is 14.0. The van der Waals surface area contributed by atoms with Crippen molar-refractivity contribution in [3.63, 3.8) is 0 Å². The van der Waals surface area contributed by atoms with E-state index in [1.165, 1.54) is 22.5 Å². The molecule has 0 spiro atoms. The zero-order valence-corrected chi connectivity index (χ0v) is 17.2. The lowest BCUT2D eigenvalue weighted by molar-refractivity contribution is 0.0999. The van der Waals surface area contributed by atoms with Gasteiger partial charge in [0.05, 0.1) is 17.0 Å². The summed E-state index contributed by atoms with van der Waals surface area (Å²) in [4.78, 5) is 16.7. The number of aromatic nitrogens is 2. The third kappa shape index (κ3) is 4.07. The number of nitrogens with zero attached hydrogens (tertiary/aromatic N) is 2. The second-order valence-electron chi connectivity index (χ2n) is 7.00. The average Bonchev–Trinajstić information content (AvgIpc) is 3.28. The van der Waals surface area contributed by atoms with Crippen LogP contribution in [-0.4, -0.2) is 15.5 Å². The van der Waals surface area contributed by atoms with E-state index < -0.39 is 5.91 Å². The molecule has 0 aliphatic heterocycles. The van der Waals surface area contributed by atoms with Crippen molar-refractivity contribution >= 4 is 28.1 Å². The van der Waals surface area contributed by atoms with Crippen molar-refractivity contribution in [1.82, 2.24) is 9.55 Å². The number of nitrogens with two attached hydrogens (primary N) is 1. The normalized spacial score (nSPS) is 10.8. The van der Waals surface area contributed by atoms with Gasteiger partial charge in [-0.2, -0.15) is 0 Å². The van der Waals surface area contributed by atoms with Crippen LogP contribution in [0.2, 0.25) is 0 Å². The van der Waals surface area contributed by atoms with Gasteiger partial charge in [-0.3, -0.25) is 4.79 Å². The molecule has 4 aromatic rings. The van der Waals surface area contributed by atoms with E-state index >= 15 is 0 Å². The first-order valence-corrected chi connectivity index (χ1v) is 10.2. The summed E-state index contributed by atoms with van der Waals surface area (Å²) in [6, 6.07) is 20.1. The van der Waals surface area contributed by atoms with Crippen molar-refractivity contribution in [2.75, 3.05) is 5.32 Å². The van der Waals surface area contributed by atoms with Crippen LogP contribution >= 0.6 is 11.3 Å². The Kier molecular flexibility index (Phi) is 5.18. The zero-order chi connectivity index (χ0) is 20.4. The van der Waals surface area contributed by atoms with Crippen LogP contribution in [0.15, 0.2) is 66.0 Å².